The van der Waals surface area contributed by atoms with E-state index in [0.717, 1.165) is 38.8 Å². The van der Waals surface area contributed by atoms with E-state index < -0.39 is 0 Å². The first-order valence-electron chi connectivity index (χ1n) is 8.66. The average molecular weight is 315 g/mol. The predicted octanol–water partition coefficient (Wildman–Crippen LogP) is 3.37. The number of hydrogen-bond donors (Lipinski definition) is 1. The third-order valence-electron chi connectivity index (χ3n) is 5.70. The minimum absolute atomic E-state index is 0. The van der Waals surface area contributed by atoms with E-state index in [9.17, 15) is 4.79 Å². The van der Waals surface area contributed by atoms with E-state index >= 15 is 0 Å². The fourth-order valence-corrected chi connectivity index (χ4v) is 4.93. The van der Waals surface area contributed by atoms with Gasteiger partial charge in [0, 0.05) is 24.0 Å². The van der Waals surface area contributed by atoms with E-state index in [4.69, 9.17) is 0 Å². The maximum Gasteiger partial charge on any atom is 0.229 e. The van der Waals surface area contributed by atoms with Gasteiger partial charge in [0.15, 0.2) is 0 Å². The lowest BCUT2D eigenvalue weighted by molar-refractivity contribution is -0.145. The second-order valence-electron chi connectivity index (χ2n) is 7.68. The summed E-state index contributed by atoms with van der Waals surface area (Å²) >= 11 is 0. The Kier molecular flexibility index (Phi) is 5.59. The van der Waals surface area contributed by atoms with Gasteiger partial charge in [0.1, 0.15) is 0 Å². The van der Waals surface area contributed by atoms with Crippen molar-refractivity contribution in [3.63, 3.8) is 0 Å². The maximum atomic E-state index is 13.4. The van der Waals surface area contributed by atoms with Crippen molar-refractivity contribution in [2.45, 2.75) is 77.3 Å². The molecule has 2 saturated heterocycles. The molecule has 3 aliphatic rings. The topological polar surface area (TPSA) is 32.3 Å². The molecule has 3 nitrogen and oxygen atoms in total. The molecule has 0 aromatic rings. The minimum Gasteiger partial charge on any atom is -0.335 e. The highest BCUT2D eigenvalue weighted by atomic mass is 35.5. The van der Waals surface area contributed by atoms with Gasteiger partial charge in [-0.2, -0.15) is 0 Å². The molecule has 3 rings (SSSR count). The summed E-state index contributed by atoms with van der Waals surface area (Å²) in [6.45, 7) is 6.64. The van der Waals surface area contributed by atoms with Gasteiger partial charge in [-0.05, 0) is 51.0 Å². The van der Waals surface area contributed by atoms with Crippen LogP contribution in [0.5, 0.6) is 0 Å². The number of hydrogen-bond acceptors (Lipinski definition) is 2. The number of amides is 1. The van der Waals surface area contributed by atoms with Crippen molar-refractivity contribution in [3.05, 3.63) is 0 Å². The first kappa shape index (κ1) is 17.1. The number of nitrogens with one attached hydrogen (secondary N) is 1. The zero-order valence-electron chi connectivity index (χ0n) is 13.6. The highest BCUT2D eigenvalue weighted by Crippen LogP contribution is 2.46. The van der Waals surface area contributed by atoms with Crippen LogP contribution in [-0.4, -0.2) is 36.0 Å². The van der Waals surface area contributed by atoms with Crippen molar-refractivity contribution < 1.29 is 4.79 Å². The van der Waals surface area contributed by atoms with Crippen molar-refractivity contribution in [2.75, 3.05) is 13.1 Å². The van der Waals surface area contributed by atoms with E-state index in [1.165, 1.54) is 25.7 Å². The van der Waals surface area contributed by atoms with Crippen LogP contribution in [0.25, 0.3) is 0 Å². The lowest BCUT2D eigenvalue weighted by Gasteiger charge is -2.38. The maximum absolute atomic E-state index is 13.4. The van der Waals surface area contributed by atoms with Gasteiger partial charge in [-0.15, -0.1) is 12.4 Å². The number of fused-ring (bicyclic) bond motifs is 2. The van der Waals surface area contributed by atoms with Crippen LogP contribution in [0.1, 0.15) is 65.2 Å². The van der Waals surface area contributed by atoms with Crippen LogP contribution < -0.4 is 5.32 Å². The van der Waals surface area contributed by atoms with E-state index in [1.807, 2.05) is 0 Å². The Morgan fingerprint density at radius 2 is 1.86 bits per heavy atom. The van der Waals surface area contributed by atoms with Crippen LogP contribution in [0, 0.1) is 11.3 Å². The predicted molar refractivity (Wildman–Crippen MR) is 88.7 cm³/mol. The summed E-state index contributed by atoms with van der Waals surface area (Å²) in [7, 11) is 0. The van der Waals surface area contributed by atoms with Gasteiger partial charge in [0.25, 0.3) is 0 Å². The molecule has 1 amide bonds. The van der Waals surface area contributed by atoms with Gasteiger partial charge in [-0.25, -0.2) is 0 Å². The Balaban J connectivity index is 0.00000161. The van der Waals surface area contributed by atoms with Gasteiger partial charge in [0.05, 0.1) is 0 Å². The molecular weight excluding hydrogens is 284 g/mol. The smallest absolute Gasteiger partial charge is 0.229 e. The molecule has 1 saturated carbocycles. The fraction of sp³-hybridized carbons (Fsp3) is 0.941. The lowest BCUT2D eigenvalue weighted by Crippen LogP contribution is -2.50. The minimum atomic E-state index is -0.0145. The summed E-state index contributed by atoms with van der Waals surface area (Å²) in [4.78, 5) is 15.7. The van der Waals surface area contributed by atoms with Gasteiger partial charge < -0.3 is 10.2 Å². The summed E-state index contributed by atoms with van der Waals surface area (Å²) in [6, 6.07) is 0.992. The molecule has 2 heterocycles. The highest BCUT2D eigenvalue weighted by Gasteiger charge is 2.48. The molecule has 2 aliphatic heterocycles. The van der Waals surface area contributed by atoms with Crippen molar-refractivity contribution in [1.29, 1.82) is 0 Å². The van der Waals surface area contributed by atoms with Gasteiger partial charge in [0.2, 0.25) is 5.91 Å². The largest absolute Gasteiger partial charge is 0.335 e. The third kappa shape index (κ3) is 3.24. The van der Waals surface area contributed by atoms with Crippen LogP contribution in [-0.2, 0) is 4.79 Å². The van der Waals surface area contributed by atoms with Crippen LogP contribution in [0.4, 0.5) is 0 Å². The summed E-state index contributed by atoms with van der Waals surface area (Å²) in [6.07, 6.45) is 9.45. The zero-order chi connectivity index (χ0) is 14.2. The molecule has 0 radical (unpaired) electrons. The van der Waals surface area contributed by atoms with Crippen molar-refractivity contribution in [3.8, 4) is 0 Å². The van der Waals surface area contributed by atoms with Gasteiger partial charge in [-0.3, -0.25) is 4.79 Å². The highest BCUT2D eigenvalue weighted by molar-refractivity contribution is 5.85. The van der Waals surface area contributed by atoms with Gasteiger partial charge >= 0.3 is 0 Å². The van der Waals surface area contributed by atoms with Crippen LogP contribution in [0.2, 0.25) is 0 Å². The quantitative estimate of drug-likeness (QED) is 0.866. The summed E-state index contributed by atoms with van der Waals surface area (Å²) < 4.78 is 0. The summed E-state index contributed by atoms with van der Waals surface area (Å²) in [5.74, 6) is 1.14. The Morgan fingerprint density at radius 1 is 1.19 bits per heavy atom. The molecule has 0 spiro atoms. The molecule has 1 N–H and O–H groups in total. The molecule has 21 heavy (non-hydrogen) atoms. The number of carbonyl (C=O) groups is 1. The monoisotopic (exact) mass is 314 g/mol. The lowest BCUT2D eigenvalue weighted by atomic mass is 9.77. The molecule has 2 atom stereocenters. The summed E-state index contributed by atoms with van der Waals surface area (Å²) in [5.41, 5.74) is -0.0145. The molecule has 2 unspecified atom stereocenters. The molecule has 2 bridgehead atoms. The van der Waals surface area contributed by atoms with E-state index in [0.29, 0.717) is 23.9 Å². The molecular formula is C17H31ClN2O. The number of nitrogens with zero attached hydrogens (tertiary/aromatic N) is 1. The molecule has 4 heteroatoms. The molecule has 0 aromatic heterocycles. The standard InChI is InChI=1S/C17H30N2O.ClH/c1-13(2)11-17(8-3-4-9-17)16(20)19-14-5-6-15(19)12-18-10-7-14;/h13-15,18H,3-12H2,1-2H3;1H. The molecule has 1 aliphatic carbocycles. The third-order valence-corrected chi connectivity index (χ3v) is 5.70. The summed E-state index contributed by atoms with van der Waals surface area (Å²) in [5, 5.41) is 3.51. The normalized spacial score (nSPS) is 31.1. The average Bonchev–Trinajstić information content (AvgIpc) is 2.92. The second kappa shape index (κ2) is 6.87. The molecule has 122 valence electrons. The first-order valence-corrected chi connectivity index (χ1v) is 8.66. The van der Waals surface area contributed by atoms with Crippen molar-refractivity contribution >= 4 is 18.3 Å². The zero-order valence-corrected chi connectivity index (χ0v) is 14.4. The number of rotatable bonds is 3. The van der Waals surface area contributed by atoms with Crippen molar-refractivity contribution in [1.82, 2.24) is 10.2 Å². The molecule has 0 aromatic carbocycles. The Labute approximate surface area is 135 Å². The van der Waals surface area contributed by atoms with Crippen LogP contribution in [0.3, 0.4) is 0 Å². The van der Waals surface area contributed by atoms with E-state index in [1.54, 1.807) is 0 Å². The Hall–Kier alpha value is -0.280. The van der Waals surface area contributed by atoms with E-state index in [-0.39, 0.29) is 17.8 Å². The van der Waals surface area contributed by atoms with Crippen molar-refractivity contribution in [2.24, 2.45) is 11.3 Å². The SMILES string of the molecule is CC(C)CC1(C(=O)N2C3CCNCC2CC3)CCCC1.Cl. The van der Waals surface area contributed by atoms with E-state index in [2.05, 4.69) is 24.1 Å². The number of carbonyl (C=O) groups excluding carboxylic acids is 1. The second-order valence-corrected chi connectivity index (χ2v) is 7.68. The number of halogens is 1. The molecule has 3 fully saturated rings. The Bertz CT molecular complexity index is 352. The van der Waals surface area contributed by atoms with Crippen LogP contribution in [0.15, 0.2) is 0 Å². The first-order chi connectivity index (χ1) is 9.62. The Morgan fingerprint density at radius 3 is 2.52 bits per heavy atom. The van der Waals surface area contributed by atoms with Crippen LogP contribution >= 0.6 is 12.4 Å². The fourth-order valence-electron chi connectivity index (χ4n) is 4.93. The van der Waals surface area contributed by atoms with Gasteiger partial charge in [-0.1, -0.05) is 26.7 Å².